The van der Waals surface area contributed by atoms with Crippen molar-refractivity contribution in [3.8, 4) is 33.4 Å². The molecule has 0 saturated heterocycles. The first-order valence-electron chi connectivity index (χ1n) is 20.7. The summed E-state index contributed by atoms with van der Waals surface area (Å²) in [5.74, 6) is 0. The standard InChI is InChI=1S/C59H45N/c1-6-57(45-23-17-22-43(35-45)44-30-33-53-52-28-14-15-29-55(52)59(4,5)56(53)37-44)60-58(39(3)38(2)41-20-16-21-42(34-41)40-18-8-7-9-19-40)46-31-32-51-49-26-11-10-24-47(49)48-25-12-13-27-50(48)54(51)36-46/h6-37,58H,1-3H2,4-5H3/b60-57+. The monoisotopic (exact) mass is 767 g/mol. The second-order valence-corrected chi connectivity index (χ2v) is 16.5. The van der Waals surface area contributed by atoms with Crippen molar-refractivity contribution in [3.63, 3.8) is 0 Å². The highest BCUT2D eigenvalue weighted by Gasteiger charge is 2.35. The van der Waals surface area contributed by atoms with Gasteiger partial charge in [-0.3, -0.25) is 4.99 Å². The summed E-state index contributed by atoms with van der Waals surface area (Å²) in [5, 5.41) is 7.35. The molecular weight excluding hydrogens is 723 g/mol. The zero-order chi connectivity index (χ0) is 41.0. The first-order chi connectivity index (χ1) is 29.3. The van der Waals surface area contributed by atoms with Crippen molar-refractivity contribution >= 4 is 43.6 Å². The molecule has 1 nitrogen and oxygen atoms in total. The van der Waals surface area contributed by atoms with Gasteiger partial charge in [-0.25, -0.2) is 0 Å². The third-order valence-corrected chi connectivity index (χ3v) is 12.7. The highest BCUT2D eigenvalue weighted by Crippen LogP contribution is 2.49. The summed E-state index contributed by atoms with van der Waals surface area (Å²) in [6.45, 7) is 18.4. The van der Waals surface area contributed by atoms with Gasteiger partial charge in [-0.2, -0.15) is 0 Å². The lowest BCUT2D eigenvalue weighted by atomic mass is 9.81. The van der Waals surface area contributed by atoms with Crippen molar-refractivity contribution in [3.05, 3.63) is 247 Å². The molecule has 0 aromatic heterocycles. The number of fused-ring (bicyclic) bond motifs is 9. The average molecular weight is 768 g/mol. The zero-order valence-electron chi connectivity index (χ0n) is 34.1. The van der Waals surface area contributed by atoms with E-state index in [1.807, 2.05) is 12.1 Å². The number of benzene rings is 9. The lowest BCUT2D eigenvalue weighted by molar-refractivity contribution is 0.660. The largest absolute Gasteiger partial charge is 0.272 e. The second kappa shape index (κ2) is 14.8. The zero-order valence-corrected chi connectivity index (χ0v) is 34.1. The van der Waals surface area contributed by atoms with Crippen molar-refractivity contribution in [2.75, 3.05) is 0 Å². The molecular formula is C59H45N. The topological polar surface area (TPSA) is 12.4 Å². The van der Waals surface area contributed by atoms with Gasteiger partial charge in [0.15, 0.2) is 0 Å². The molecule has 1 aliphatic carbocycles. The predicted molar refractivity (Wildman–Crippen MR) is 258 cm³/mol. The van der Waals surface area contributed by atoms with Crippen molar-refractivity contribution in [1.82, 2.24) is 0 Å². The van der Waals surface area contributed by atoms with Crippen molar-refractivity contribution in [2.45, 2.75) is 25.3 Å². The lowest BCUT2D eigenvalue weighted by Crippen LogP contribution is -2.14. The van der Waals surface area contributed by atoms with Crippen LogP contribution in [0.1, 0.15) is 47.7 Å². The number of rotatable bonds is 9. The van der Waals surface area contributed by atoms with Gasteiger partial charge in [0.05, 0.1) is 5.71 Å². The number of nitrogens with zero attached hydrogens (tertiary/aromatic N) is 1. The molecule has 286 valence electrons. The van der Waals surface area contributed by atoms with Gasteiger partial charge in [-0.05, 0) is 129 Å². The van der Waals surface area contributed by atoms with Crippen LogP contribution in [0, 0.1) is 0 Å². The summed E-state index contributed by atoms with van der Waals surface area (Å²) in [4.78, 5) is 5.59. The minimum atomic E-state index is -0.441. The van der Waals surface area contributed by atoms with Crippen LogP contribution in [0.3, 0.4) is 0 Å². The van der Waals surface area contributed by atoms with Gasteiger partial charge in [-0.15, -0.1) is 0 Å². The summed E-state index contributed by atoms with van der Waals surface area (Å²) in [6.07, 6.45) is 1.88. The van der Waals surface area contributed by atoms with Crippen LogP contribution in [0.2, 0.25) is 0 Å². The molecule has 0 heterocycles. The third-order valence-electron chi connectivity index (χ3n) is 12.7. The molecule has 1 unspecified atom stereocenters. The van der Waals surface area contributed by atoms with E-state index < -0.39 is 6.04 Å². The molecule has 1 heteroatoms. The van der Waals surface area contributed by atoms with Gasteiger partial charge in [0.25, 0.3) is 0 Å². The van der Waals surface area contributed by atoms with E-state index in [2.05, 4.69) is 209 Å². The lowest BCUT2D eigenvalue weighted by Gasteiger charge is -2.22. The van der Waals surface area contributed by atoms with Crippen LogP contribution in [0.5, 0.6) is 0 Å². The number of hydrogen-bond donors (Lipinski definition) is 0. The van der Waals surface area contributed by atoms with E-state index in [-0.39, 0.29) is 5.41 Å². The van der Waals surface area contributed by atoms with Gasteiger partial charge in [0.2, 0.25) is 0 Å². The van der Waals surface area contributed by atoms with Crippen molar-refractivity contribution < 1.29 is 0 Å². The van der Waals surface area contributed by atoms with Crippen molar-refractivity contribution in [1.29, 1.82) is 0 Å². The number of hydrogen-bond acceptors (Lipinski definition) is 1. The molecule has 1 aliphatic rings. The van der Waals surface area contributed by atoms with Crippen molar-refractivity contribution in [2.24, 2.45) is 4.99 Å². The Morgan fingerprint density at radius 1 is 0.467 bits per heavy atom. The maximum atomic E-state index is 5.59. The van der Waals surface area contributed by atoms with E-state index in [1.165, 1.54) is 60.1 Å². The fourth-order valence-electron chi connectivity index (χ4n) is 9.44. The summed E-state index contributed by atoms with van der Waals surface area (Å²) in [6, 6.07) is 67.2. The van der Waals surface area contributed by atoms with Gasteiger partial charge < -0.3 is 0 Å². The van der Waals surface area contributed by atoms with Gasteiger partial charge >= 0.3 is 0 Å². The molecule has 0 spiro atoms. The predicted octanol–water partition coefficient (Wildman–Crippen LogP) is 15.8. The first-order valence-corrected chi connectivity index (χ1v) is 20.7. The fourth-order valence-corrected chi connectivity index (χ4v) is 9.44. The average Bonchev–Trinajstić information content (AvgIpc) is 3.54. The Morgan fingerprint density at radius 3 is 1.70 bits per heavy atom. The minimum absolute atomic E-state index is 0.0820. The van der Waals surface area contributed by atoms with Gasteiger partial charge in [0, 0.05) is 11.0 Å². The molecule has 9 aromatic rings. The van der Waals surface area contributed by atoms with Crippen LogP contribution >= 0.6 is 0 Å². The molecule has 0 amide bonds. The molecule has 0 radical (unpaired) electrons. The summed E-state index contributed by atoms with van der Waals surface area (Å²) in [5.41, 5.74) is 15.4. The maximum absolute atomic E-state index is 5.59. The smallest absolute Gasteiger partial charge is 0.101 e. The molecule has 60 heavy (non-hydrogen) atoms. The minimum Gasteiger partial charge on any atom is -0.272 e. The summed E-state index contributed by atoms with van der Waals surface area (Å²) >= 11 is 0. The van der Waals surface area contributed by atoms with E-state index in [1.54, 1.807) is 0 Å². The molecule has 0 N–H and O–H groups in total. The third kappa shape index (κ3) is 6.22. The van der Waals surface area contributed by atoms with Crippen LogP contribution in [0.15, 0.2) is 224 Å². The van der Waals surface area contributed by atoms with Crippen LogP contribution < -0.4 is 0 Å². The number of aliphatic imine (C=N–C) groups is 1. The Hall–Kier alpha value is -7.35. The molecule has 10 rings (SSSR count). The molecule has 0 fully saturated rings. The Morgan fingerprint density at radius 2 is 1.00 bits per heavy atom. The highest BCUT2D eigenvalue weighted by molar-refractivity contribution is 6.25. The van der Waals surface area contributed by atoms with Gasteiger partial charge in [-0.1, -0.05) is 197 Å². The Balaban J connectivity index is 1.10. The Labute approximate surface area is 353 Å². The Bertz CT molecular complexity index is 3200. The van der Waals surface area contributed by atoms with Crippen LogP contribution in [-0.2, 0) is 5.41 Å². The van der Waals surface area contributed by atoms with E-state index in [9.17, 15) is 0 Å². The van der Waals surface area contributed by atoms with E-state index in [4.69, 9.17) is 11.6 Å². The summed E-state index contributed by atoms with van der Waals surface area (Å²) in [7, 11) is 0. The maximum Gasteiger partial charge on any atom is 0.101 e. The quantitative estimate of drug-likeness (QED) is 0.0788. The van der Waals surface area contributed by atoms with E-state index >= 15 is 0 Å². The highest BCUT2D eigenvalue weighted by atomic mass is 14.8. The molecule has 0 aliphatic heterocycles. The second-order valence-electron chi connectivity index (χ2n) is 16.5. The molecule has 9 aromatic carbocycles. The fraction of sp³-hybridized carbons (Fsp3) is 0.0678. The van der Waals surface area contributed by atoms with Crippen LogP contribution in [0.4, 0.5) is 0 Å². The SMILES string of the molecule is C=C/C(=N\C(C(=C)C(=C)c1cccc(-c2ccccc2)c1)c1ccc2c3ccccc3c3ccccc3c2c1)c1cccc(-c2ccc3c(c2)C(C)(C)c2ccccc2-3)c1. The molecule has 1 atom stereocenters. The van der Waals surface area contributed by atoms with E-state index in [0.29, 0.717) is 0 Å². The first kappa shape index (κ1) is 37.0. The summed E-state index contributed by atoms with van der Waals surface area (Å²) < 4.78 is 0. The Kier molecular flexibility index (Phi) is 9.11. The van der Waals surface area contributed by atoms with Crippen LogP contribution in [-0.4, -0.2) is 5.71 Å². The molecule has 0 bridgehead atoms. The van der Waals surface area contributed by atoms with Crippen LogP contribution in [0.25, 0.3) is 71.3 Å². The van der Waals surface area contributed by atoms with Gasteiger partial charge in [0.1, 0.15) is 6.04 Å². The number of allylic oxidation sites excluding steroid dienone is 1. The molecule has 0 saturated carbocycles. The van der Waals surface area contributed by atoms with E-state index in [0.717, 1.165) is 50.2 Å². The normalized spacial score (nSPS) is 13.5.